The van der Waals surface area contributed by atoms with Gasteiger partial charge in [0.2, 0.25) is 0 Å². The Bertz CT molecular complexity index is 94.9. The third-order valence-electron chi connectivity index (χ3n) is 0. The second-order valence-electron chi connectivity index (χ2n) is 0.408. The quantitative estimate of drug-likeness (QED) is 0.259. The van der Waals surface area contributed by atoms with Gasteiger partial charge in [0.1, 0.15) is 0 Å². The van der Waals surface area contributed by atoms with Crippen LogP contribution in [0.1, 0.15) is 0 Å². The monoisotopic (exact) mass is 191 g/mol. The van der Waals surface area contributed by atoms with Crippen molar-refractivity contribution >= 4 is 48.1 Å². The summed E-state index contributed by atoms with van der Waals surface area (Å²) in [5.41, 5.74) is 0. The van der Waals surface area contributed by atoms with Crippen molar-refractivity contribution in [1.29, 1.82) is 0 Å². The van der Waals surface area contributed by atoms with E-state index < -0.39 is 10.4 Å². The van der Waals surface area contributed by atoms with E-state index >= 15 is 0 Å². The van der Waals surface area contributed by atoms with E-state index in [9.17, 15) is 0 Å². The van der Waals surface area contributed by atoms with Crippen LogP contribution in [0.5, 0.6) is 0 Å². The van der Waals surface area contributed by atoms with Crippen LogP contribution in [0.4, 0.5) is 0 Å². The van der Waals surface area contributed by atoms with E-state index in [1.165, 1.54) is 0 Å². The summed E-state index contributed by atoms with van der Waals surface area (Å²) in [4.78, 5) is 0. The van der Waals surface area contributed by atoms with Gasteiger partial charge in [-0.25, -0.2) is 0 Å². The summed E-state index contributed by atoms with van der Waals surface area (Å²) in [5.74, 6) is 0. The fraction of sp³-hybridized carbons (Fsp3) is 0. The maximum Gasteiger partial charge on any atom is 2.00 e. The summed E-state index contributed by atoms with van der Waals surface area (Å²) in [7, 11) is -5.17. The van der Waals surface area contributed by atoms with Crippen LogP contribution in [-0.2, 0) is 27.5 Å². The van der Waals surface area contributed by atoms with Crippen LogP contribution >= 0.6 is 0 Å². The Kier molecular flexibility index (Phi) is 13.1. The summed E-state index contributed by atoms with van der Waals surface area (Å²) in [6, 6.07) is 0. The number of hydrogen-bond acceptors (Lipinski definition) is 4. The Morgan fingerprint density at radius 1 is 1.14 bits per heavy atom. The normalized spacial score (nSPS) is 8.29. The van der Waals surface area contributed by atoms with Gasteiger partial charge in [0.25, 0.3) is 0 Å². The van der Waals surface area contributed by atoms with Crippen molar-refractivity contribution in [3.8, 4) is 0 Å². The molecule has 0 bridgehead atoms. The van der Waals surface area contributed by atoms with Gasteiger partial charge in [0.15, 0.2) is 0 Å². The molecule has 0 aromatic heterocycles. The SMILES string of the molecule is O=S(=O)([O-])[O-].[Ca+2].[Mn]. The molecule has 7 heteroatoms. The molecule has 39 valence electrons. The Labute approximate surface area is 81.7 Å². The molecule has 0 N–H and O–H groups in total. The van der Waals surface area contributed by atoms with Crippen LogP contribution in [0, 0.1) is 0 Å². The molecule has 0 aliphatic rings. The maximum absolute atomic E-state index is 8.52. The van der Waals surface area contributed by atoms with Gasteiger partial charge in [-0.15, -0.1) is 0 Å². The van der Waals surface area contributed by atoms with Crippen LogP contribution in [0.2, 0.25) is 0 Å². The fourth-order valence-electron chi connectivity index (χ4n) is 0. The molecular formula is CaMnO4S. The van der Waals surface area contributed by atoms with E-state index in [-0.39, 0.29) is 54.8 Å². The maximum atomic E-state index is 8.52. The Morgan fingerprint density at radius 3 is 1.14 bits per heavy atom. The van der Waals surface area contributed by atoms with Crippen molar-refractivity contribution in [2.45, 2.75) is 0 Å². The first kappa shape index (κ1) is 15.9. The molecule has 0 atom stereocenters. The van der Waals surface area contributed by atoms with Gasteiger partial charge < -0.3 is 9.11 Å². The standard InChI is InChI=1S/Ca.Mn.H2O4S/c;;1-5(2,3)4/h;;(H2,1,2,3,4)/q+2;;/p-2. The molecule has 0 fully saturated rings. The van der Waals surface area contributed by atoms with Gasteiger partial charge in [0.05, 0.1) is 0 Å². The molecule has 0 heterocycles. The van der Waals surface area contributed by atoms with Gasteiger partial charge in [-0.2, -0.15) is 0 Å². The Balaban J connectivity index is -0.0000000800. The van der Waals surface area contributed by atoms with Crippen molar-refractivity contribution in [2.75, 3.05) is 0 Å². The first-order valence-electron chi connectivity index (χ1n) is 0.667. The molecule has 1 radical (unpaired) electrons. The minimum Gasteiger partial charge on any atom is -0.759 e. The average molecular weight is 191 g/mol. The largest absolute Gasteiger partial charge is 2.00 e. The molecule has 0 saturated heterocycles. The first-order chi connectivity index (χ1) is 2.00. The third-order valence-corrected chi connectivity index (χ3v) is 0. The van der Waals surface area contributed by atoms with Crippen LogP contribution in [0.3, 0.4) is 0 Å². The summed E-state index contributed by atoms with van der Waals surface area (Å²) >= 11 is 0. The Morgan fingerprint density at radius 2 is 1.14 bits per heavy atom. The van der Waals surface area contributed by atoms with E-state index in [1.54, 1.807) is 0 Å². The van der Waals surface area contributed by atoms with Crippen LogP contribution in [-0.4, -0.2) is 55.3 Å². The molecule has 0 rings (SSSR count). The summed E-state index contributed by atoms with van der Waals surface area (Å²) in [6.07, 6.45) is 0. The predicted octanol–water partition coefficient (Wildman–Crippen LogP) is -1.72. The number of hydrogen-bond donors (Lipinski definition) is 0. The number of rotatable bonds is 0. The van der Waals surface area contributed by atoms with Gasteiger partial charge in [0, 0.05) is 27.5 Å². The van der Waals surface area contributed by atoms with Gasteiger partial charge in [-0.1, -0.05) is 0 Å². The second-order valence-corrected chi connectivity index (χ2v) is 1.22. The molecule has 0 amide bonds. The van der Waals surface area contributed by atoms with Gasteiger partial charge in [-0.3, -0.25) is 8.42 Å². The van der Waals surface area contributed by atoms with E-state index in [0.29, 0.717) is 0 Å². The zero-order valence-corrected chi connectivity index (χ0v) is 7.33. The zero-order valence-electron chi connectivity index (χ0n) is 3.13. The molecule has 7 heavy (non-hydrogen) atoms. The molecule has 0 unspecified atom stereocenters. The third kappa shape index (κ3) is 89.8. The molecule has 0 saturated carbocycles. The van der Waals surface area contributed by atoms with Crippen molar-refractivity contribution in [3.05, 3.63) is 0 Å². The molecular weight excluding hydrogens is 191 g/mol. The van der Waals surface area contributed by atoms with Crippen molar-refractivity contribution in [3.63, 3.8) is 0 Å². The average Bonchev–Trinajstić information content (AvgIpc) is 0.722. The summed E-state index contributed by atoms with van der Waals surface area (Å²) in [6.45, 7) is 0. The first-order valence-corrected chi connectivity index (χ1v) is 2.00. The minimum atomic E-state index is -5.17. The Hall–Kier alpha value is 1.65. The molecule has 0 aliphatic heterocycles. The van der Waals surface area contributed by atoms with Crippen LogP contribution < -0.4 is 0 Å². The molecule has 0 aromatic carbocycles. The van der Waals surface area contributed by atoms with E-state index in [1.807, 2.05) is 0 Å². The van der Waals surface area contributed by atoms with Gasteiger partial charge in [-0.05, 0) is 0 Å². The van der Waals surface area contributed by atoms with E-state index in [0.717, 1.165) is 0 Å². The summed E-state index contributed by atoms with van der Waals surface area (Å²) in [5, 5.41) is 0. The van der Waals surface area contributed by atoms with Crippen LogP contribution in [0.15, 0.2) is 0 Å². The molecule has 0 spiro atoms. The van der Waals surface area contributed by atoms with E-state index in [2.05, 4.69) is 0 Å². The smallest absolute Gasteiger partial charge is 0.759 e. The predicted molar refractivity (Wildman–Crippen MR) is 16.2 cm³/mol. The molecule has 0 aliphatic carbocycles. The van der Waals surface area contributed by atoms with Crippen LogP contribution in [0.25, 0.3) is 0 Å². The van der Waals surface area contributed by atoms with Gasteiger partial charge >= 0.3 is 37.7 Å². The van der Waals surface area contributed by atoms with E-state index in [4.69, 9.17) is 17.5 Å². The second kappa shape index (κ2) is 5.78. The van der Waals surface area contributed by atoms with Crippen molar-refractivity contribution in [1.82, 2.24) is 0 Å². The summed E-state index contributed by atoms with van der Waals surface area (Å²) < 4.78 is 34.1. The minimum absolute atomic E-state index is 0. The fourth-order valence-corrected chi connectivity index (χ4v) is 0. The van der Waals surface area contributed by atoms with Crippen molar-refractivity contribution in [2.24, 2.45) is 0 Å². The molecule has 0 aromatic rings. The zero-order chi connectivity index (χ0) is 4.50. The van der Waals surface area contributed by atoms with Crippen molar-refractivity contribution < 1.29 is 34.6 Å². The molecule has 4 nitrogen and oxygen atoms in total. The topological polar surface area (TPSA) is 80.3 Å².